The number of hydrogen-bond donors (Lipinski definition) is 1. The second kappa shape index (κ2) is 4.64. The SMILES string of the molecule is CC(Nc1nc2ccc(F)cn2n1)c1ccncc1. The van der Waals surface area contributed by atoms with Gasteiger partial charge >= 0.3 is 0 Å². The summed E-state index contributed by atoms with van der Waals surface area (Å²) >= 11 is 0. The summed E-state index contributed by atoms with van der Waals surface area (Å²) in [6.07, 6.45) is 4.77. The molecule has 0 spiro atoms. The van der Waals surface area contributed by atoms with E-state index in [-0.39, 0.29) is 11.9 Å². The Balaban J connectivity index is 1.85. The largest absolute Gasteiger partial charge is 0.346 e. The number of anilines is 1. The molecule has 0 radical (unpaired) electrons. The average Bonchev–Trinajstić information content (AvgIpc) is 2.81. The van der Waals surface area contributed by atoms with Crippen molar-refractivity contribution in [3.05, 3.63) is 54.2 Å². The Morgan fingerprint density at radius 1 is 1.21 bits per heavy atom. The lowest BCUT2D eigenvalue weighted by molar-refractivity contribution is 0.614. The molecular weight excluding hydrogens is 245 g/mol. The molecular formula is C13H12FN5. The molecule has 0 aliphatic rings. The third-order valence-electron chi connectivity index (χ3n) is 2.85. The lowest BCUT2D eigenvalue weighted by Crippen LogP contribution is -2.07. The van der Waals surface area contributed by atoms with Crippen LogP contribution >= 0.6 is 0 Å². The first-order valence-electron chi connectivity index (χ1n) is 5.91. The van der Waals surface area contributed by atoms with Gasteiger partial charge < -0.3 is 5.32 Å². The zero-order chi connectivity index (χ0) is 13.2. The van der Waals surface area contributed by atoms with E-state index in [4.69, 9.17) is 0 Å². The predicted octanol–water partition coefficient (Wildman–Crippen LogP) is 2.44. The Morgan fingerprint density at radius 2 is 2.00 bits per heavy atom. The first-order valence-corrected chi connectivity index (χ1v) is 5.91. The van der Waals surface area contributed by atoms with E-state index in [9.17, 15) is 4.39 Å². The van der Waals surface area contributed by atoms with Gasteiger partial charge in [-0.05, 0) is 36.8 Å². The van der Waals surface area contributed by atoms with Gasteiger partial charge in [-0.3, -0.25) is 4.98 Å². The minimum atomic E-state index is -0.342. The number of hydrogen-bond acceptors (Lipinski definition) is 4. The molecule has 0 fully saturated rings. The van der Waals surface area contributed by atoms with Gasteiger partial charge in [0.1, 0.15) is 5.82 Å². The highest BCUT2D eigenvalue weighted by atomic mass is 19.1. The van der Waals surface area contributed by atoms with E-state index >= 15 is 0 Å². The van der Waals surface area contributed by atoms with E-state index in [2.05, 4.69) is 20.4 Å². The minimum Gasteiger partial charge on any atom is -0.346 e. The molecule has 5 nitrogen and oxygen atoms in total. The second-order valence-corrected chi connectivity index (χ2v) is 4.23. The summed E-state index contributed by atoms with van der Waals surface area (Å²) in [6.45, 7) is 2.00. The molecule has 0 bridgehead atoms. The van der Waals surface area contributed by atoms with Crippen LogP contribution in [0.4, 0.5) is 10.3 Å². The highest BCUT2D eigenvalue weighted by molar-refractivity contribution is 5.44. The second-order valence-electron chi connectivity index (χ2n) is 4.23. The van der Waals surface area contributed by atoms with Gasteiger partial charge in [-0.25, -0.2) is 8.91 Å². The van der Waals surface area contributed by atoms with Crippen LogP contribution in [0.5, 0.6) is 0 Å². The van der Waals surface area contributed by atoms with Crippen LogP contribution in [-0.2, 0) is 0 Å². The maximum atomic E-state index is 13.1. The van der Waals surface area contributed by atoms with Crippen molar-refractivity contribution < 1.29 is 4.39 Å². The number of nitrogens with zero attached hydrogens (tertiary/aromatic N) is 4. The fourth-order valence-electron chi connectivity index (χ4n) is 1.85. The van der Waals surface area contributed by atoms with Crippen molar-refractivity contribution >= 4 is 11.6 Å². The number of halogens is 1. The molecule has 3 aromatic heterocycles. The van der Waals surface area contributed by atoms with E-state index in [1.54, 1.807) is 18.5 Å². The van der Waals surface area contributed by atoms with E-state index in [1.165, 1.54) is 16.8 Å². The van der Waals surface area contributed by atoms with Crippen molar-refractivity contribution in [2.24, 2.45) is 0 Å². The Labute approximate surface area is 109 Å². The molecule has 1 atom stereocenters. The van der Waals surface area contributed by atoms with Gasteiger partial charge in [0.15, 0.2) is 5.65 Å². The Bertz CT molecular complexity index is 695. The summed E-state index contributed by atoms with van der Waals surface area (Å²) in [4.78, 5) is 8.25. The summed E-state index contributed by atoms with van der Waals surface area (Å²) in [5.74, 6) is 0.126. The van der Waals surface area contributed by atoms with Crippen LogP contribution in [0.3, 0.4) is 0 Å². The van der Waals surface area contributed by atoms with Gasteiger partial charge in [-0.15, -0.1) is 5.10 Å². The lowest BCUT2D eigenvalue weighted by atomic mass is 10.1. The molecule has 19 heavy (non-hydrogen) atoms. The van der Waals surface area contributed by atoms with Crippen molar-refractivity contribution in [2.75, 3.05) is 5.32 Å². The van der Waals surface area contributed by atoms with Crippen LogP contribution in [0.15, 0.2) is 42.9 Å². The van der Waals surface area contributed by atoms with Gasteiger partial charge in [-0.1, -0.05) is 0 Å². The number of fused-ring (bicyclic) bond motifs is 1. The van der Waals surface area contributed by atoms with Gasteiger partial charge in [-0.2, -0.15) is 4.98 Å². The molecule has 0 aromatic carbocycles. The third kappa shape index (κ3) is 2.37. The predicted molar refractivity (Wildman–Crippen MR) is 69.2 cm³/mol. The molecule has 0 saturated heterocycles. The van der Waals surface area contributed by atoms with Crippen LogP contribution in [0.1, 0.15) is 18.5 Å². The Hall–Kier alpha value is -2.50. The summed E-state index contributed by atoms with van der Waals surface area (Å²) in [5.41, 5.74) is 1.69. The zero-order valence-corrected chi connectivity index (χ0v) is 10.3. The molecule has 96 valence electrons. The first-order chi connectivity index (χ1) is 9.22. The fourth-order valence-corrected chi connectivity index (χ4v) is 1.85. The van der Waals surface area contributed by atoms with Crippen LogP contribution in [-0.4, -0.2) is 19.6 Å². The van der Waals surface area contributed by atoms with E-state index in [0.29, 0.717) is 11.6 Å². The van der Waals surface area contributed by atoms with Crippen molar-refractivity contribution in [3.8, 4) is 0 Å². The van der Waals surface area contributed by atoms with E-state index in [0.717, 1.165) is 5.56 Å². The van der Waals surface area contributed by atoms with Gasteiger partial charge in [0.25, 0.3) is 0 Å². The number of aromatic nitrogens is 4. The van der Waals surface area contributed by atoms with Gasteiger partial charge in [0, 0.05) is 12.4 Å². The minimum absolute atomic E-state index is 0.0465. The van der Waals surface area contributed by atoms with Crippen LogP contribution < -0.4 is 5.32 Å². The smallest absolute Gasteiger partial charge is 0.243 e. The lowest BCUT2D eigenvalue weighted by Gasteiger charge is -2.11. The number of nitrogens with one attached hydrogen (secondary N) is 1. The van der Waals surface area contributed by atoms with E-state index in [1.807, 2.05) is 19.1 Å². The van der Waals surface area contributed by atoms with Gasteiger partial charge in [0.2, 0.25) is 5.95 Å². The monoisotopic (exact) mass is 257 g/mol. The molecule has 0 amide bonds. The molecule has 3 aromatic rings. The number of pyridine rings is 2. The maximum Gasteiger partial charge on any atom is 0.243 e. The first kappa shape index (κ1) is 11.6. The van der Waals surface area contributed by atoms with Crippen LogP contribution in [0, 0.1) is 5.82 Å². The zero-order valence-electron chi connectivity index (χ0n) is 10.3. The number of rotatable bonds is 3. The molecule has 6 heteroatoms. The molecule has 3 rings (SSSR count). The van der Waals surface area contributed by atoms with Crippen molar-refractivity contribution in [2.45, 2.75) is 13.0 Å². The standard InChI is InChI=1S/C13H12FN5/c1-9(10-4-6-15-7-5-10)16-13-17-12-3-2-11(14)8-19(12)18-13/h2-9H,1H3,(H,16,18). The molecule has 1 unspecified atom stereocenters. The van der Waals surface area contributed by atoms with Crippen molar-refractivity contribution in [3.63, 3.8) is 0 Å². The molecule has 0 aliphatic heterocycles. The quantitative estimate of drug-likeness (QED) is 0.783. The van der Waals surface area contributed by atoms with Gasteiger partial charge in [0.05, 0.1) is 12.2 Å². The Kier molecular flexibility index (Phi) is 2.83. The summed E-state index contributed by atoms with van der Waals surface area (Å²) in [7, 11) is 0. The maximum absolute atomic E-state index is 13.1. The Morgan fingerprint density at radius 3 is 2.79 bits per heavy atom. The summed E-state index contributed by atoms with van der Waals surface area (Å²) in [6, 6.07) is 6.84. The highest BCUT2D eigenvalue weighted by Crippen LogP contribution is 2.16. The molecule has 0 saturated carbocycles. The molecule has 1 N–H and O–H groups in total. The van der Waals surface area contributed by atoms with Crippen LogP contribution in [0.2, 0.25) is 0 Å². The molecule has 0 aliphatic carbocycles. The normalized spacial score (nSPS) is 12.5. The fraction of sp³-hybridized carbons (Fsp3) is 0.154. The van der Waals surface area contributed by atoms with Crippen LogP contribution in [0.25, 0.3) is 5.65 Å². The van der Waals surface area contributed by atoms with Crippen molar-refractivity contribution in [1.29, 1.82) is 0 Å². The summed E-state index contributed by atoms with van der Waals surface area (Å²) < 4.78 is 14.5. The topological polar surface area (TPSA) is 55.1 Å². The average molecular weight is 257 g/mol. The highest BCUT2D eigenvalue weighted by Gasteiger charge is 2.09. The summed E-state index contributed by atoms with van der Waals surface area (Å²) in [5, 5.41) is 7.35. The van der Waals surface area contributed by atoms with E-state index < -0.39 is 0 Å². The van der Waals surface area contributed by atoms with Crippen molar-refractivity contribution in [1.82, 2.24) is 19.6 Å². The third-order valence-corrected chi connectivity index (χ3v) is 2.85. The molecule has 3 heterocycles.